The van der Waals surface area contributed by atoms with Crippen LogP contribution in [-0.2, 0) is 0 Å². The van der Waals surface area contributed by atoms with Crippen molar-refractivity contribution in [3.05, 3.63) is 24.0 Å². The number of thioether (sulfide) groups is 1. The van der Waals surface area contributed by atoms with Crippen LogP contribution in [0.4, 0.5) is 0 Å². The van der Waals surface area contributed by atoms with Crippen LogP contribution in [0.1, 0.15) is 24.0 Å². The van der Waals surface area contributed by atoms with E-state index in [1.54, 1.807) is 0 Å². The maximum Gasteiger partial charge on any atom is 0.185 e. The summed E-state index contributed by atoms with van der Waals surface area (Å²) in [6, 6.07) is 6.03. The number of carbonyl (C=O) groups excluding carboxylic acids is 1. The van der Waals surface area contributed by atoms with Crippen molar-refractivity contribution in [2.75, 3.05) is 5.75 Å². The summed E-state index contributed by atoms with van der Waals surface area (Å²) in [6.07, 6.45) is 1.89. The van der Waals surface area contributed by atoms with Gasteiger partial charge in [-0.2, -0.15) is 0 Å². The van der Waals surface area contributed by atoms with Crippen molar-refractivity contribution < 1.29 is 4.79 Å². The van der Waals surface area contributed by atoms with Gasteiger partial charge in [0.25, 0.3) is 0 Å². The van der Waals surface area contributed by atoms with Gasteiger partial charge in [-0.3, -0.25) is 4.79 Å². The van der Waals surface area contributed by atoms with Crippen molar-refractivity contribution >= 4 is 29.1 Å². The first-order valence-corrected chi connectivity index (χ1v) is 5.90. The summed E-state index contributed by atoms with van der Waals surface area (Å²) < 4.78 is 0. The van der Waals surface area contributed by atoms with Gasteiger partial charge >= 0.3 is 0 Å². The number of aromatic nitrogens is 2. The molecule has 1 N–H and O–H groups in total. The van der Waals surface area contributed by atoms with E-state index < -0.39 is 0 Å². The molecule has 0 aliphatic carbocycles. The molecule has 4 heteroatoms. The second-order valence-electron chi connectivity index (χ2n) is 3.27. The third kappa shape index (κ3) is 2.21. The maximum atomic E-state index is 10.5. The molecule has 0 amide bonds. The van der Waals surface area contributed by atoms with Crippen LogP contribution < -0.4 is 0 Å². The summed E-state index contributed by atoms with van der Waals surface area (Å²) in [5.74, 6) is 1.50. The van der Waals surface area contributed by atoms with Crippen molar-refractivity contribution in [2.24, 2.45) is 0 Å². The van der Waals surface area contributed by atoms with E-state index in [9.17, 15) is 4.79 Å². The number of rotatable bonds is 4. The minimum Gasteiger partial charge on any atom is -0.336 e. The number of H-pyrrole nitrogens is 1. The third-order valence-corrected chi connectivity index (χ3v) is 3.26. The van der Waals surface area contributed by atoms with E-state index in [4.69, 9.17) is 0 Å². The lowest BCUT2D eigenvalue weighted by Gasteiger charge is -1.98. The SMILES string of the molecule is CCCSc1ccc2[nH]c(C=O)nc2c1. The predicted octanol–water partition coefficient (Wildman–Crippen LogP) is 2.88. The number of aldehydes is 1. The Morgan fingerprint density at radius 1 is 1.53 bits per heavy atom. The van der Waals surface area contributed by atoms with Gasteiger partial charge < -0.3 is 4.98 Å². The van der Waals surface area contributed by atoms with Crippen LogP contribution in [0.3, 0.4) is 0 Å². The van der Waals surface area contributed by atoms with Gasteiger partial charge in [0.15, 0.2) is 12.1 Å². The molecule has 0 atom stereocenters. The van der Waals surface area contributed by atoms with E-state index in [-0.39, 0.29) is 0 Å². The number of fused-ring (bicyclic) bond motifs is 1. The molecule has 0 spiro atoms. The largest absolute Gasteiger partial charge is 0.336 e. The number of benzene rings is 1. The van der Waals surface area contributed by atoms with E-state index in [0.717, 1.165) is 29.5 Å². The van der Waals surface area contributed by atoms with E-state index >= 15 is 0 Å². The fourth-order valence-corrected chi connectivity index (χ4v) is 2.17. The lowest BCUT2D eigenvalue weighted by molar-refractivity contribution is 0.111. The Kier molecular flexibility index (Phi) is 3.06. The number of imidazole rings is 1. The van der Waals surface area contributed by atoms with Crippen molar-refractivity contribution in [3.8, 4) is 0 Å². The molecule has 78 valence electrons. The van der Waals surface area contributed by atoms with Gasteiger partial charge in [-0.05, 0) is 30.4 Å². The second kappa shape index (κ2) is 4.49. The highest BCUT2D eigenvalue weighted by Crippen LogP contribution is 2.22. The lowest BCUT2D eigenvalue weighted by Crippen LogP contribution is -1.79. The molecule has 3 nitrogen and oxygen atoms in total. The Balaban J connectivity index is 2.33. The van der Waals surface area contributed by atoms with Crippen molar-refractivity contribution in [3.63, 3.8) is 0 Å². The second-order valence-corrected chi connectivity index (χ2v) is 4.44. The monoisotopic (exact) mass is 220 g/mol. The number of aromatic amines is 1. The summed E-state index contributed by atoms with van der Waals surface area (Å²) in [4.78, 5) is 18.8. The zero-order chi connectivity index (χ0) is 10.7. The number of nitrogens with zero attached hydrogens (tertiary/aromatic N) is 1. The van der Waals surface area contributed by atoms with Crippen molar-refractivity contribution in [1.82, 2.24) is 9.97 Å². The van der Waals surface area contributed by atoms with E-state index in [1.165, 1.54) is 4.90 Å². The van der Waals surface area contributed by atoms with Crippen LogP contribution in [0.5, 0.6) is 0 Å². The van der Waals surface area contributed by atoms with Gasteiger partial charge in [-0.25, -0.2) is 4.98 Å². The maximum absolute atomic E-state index is 10.5. The summed E-state index contributed by atoms with van der Waals surface area (Å²) in [6.45, 7) is 2.16. The molecule has 0 aliphatic heterocycles. The lowest BCUT2D eigenvalue weighted by atomic mass is 10.3. The molecule has 0 bridgehead atoms. The minimum atomic E-state index is 0.391. The average Bonchev–Trinajstić information content (AvgIpc) is 2.68. The van der Waals surface area contributed by atoms with Crippen LogP contribution >= 0.6 is 11.8 Å². The van der Waals surface area contributed by atoms with Crippen LogP contribution in [-0.4, -0.2) is 22.0 Å². The summed E-state index contributed by atoms with van der Waals surface area (Å²) in [5.41, 5.74) is 1.77. The molecule has 2 rings (SSSR count). The number of hydrogen-bond donors (Lipinski definition) is 1. The van der Waals surface area contributed by atoms with Gasteiger partial charge in [-0.1, -0.05) is 6.92 Å². The Morgan fingerprint density at radius 3 is 3.13 bits per heavy atom. The molecule has 0 radical (unpaired) electrons. The normalized spacial score (nSPS) is 10.7. The average molecular weight is 220 g/mol. The molecule has 0 saturated heterocycles. The summed E-state index contributed by atoms with van der Waals surface area (Å²) in [5, 5.41) is 0. The highest BCUT2D eigenvalue weighted by molar-refractivity contribution is 7.99. The Bertz CT molecular complexity index is 478. The molecule has 0 aliphatic rings. The number of carbonyl (C=O) groups is 1. The van der Waals surface area contributed by atoms with Gasteiger partial charge in [-0.15, -0.1) is 11.8 Å². The molecule has 0 fully saturated rings. The third-order valence-electron chi connectivity index (χ3n) is 2.06. The van der Waals surface area contributed by atoms with Gasteiger partial charge in [0.05, 0.1) is 11.0 Å². The molecule has 0 saturated carbocycles. The van der Waals surface area contributed by atoms with E-state index in [1.807, 2.05) is 23.9 Å². The highest BCUT2D eigenvalue weighted by atomic mass is 32.2. The molecule has 2 aromatic rings. The number of hydrogen-bond acceptors (Lipinski definition) is 3. The molecule has 0 unspecified atom stereocenters. The Hall–Kier alpha value is -1.29. The van der Waals surface area contributed by atoms with E-state index in [2.05, 4.69) is 23.0 Å². The topological polar surface area (TPSA) is 45.8 Å². The molecule has 1 aromatic heterocycles. The zero-order valence-electron chi connectivity index (χ0n) is 8.49. The Labute approximate surface area is 92.3 Å². The molecule has 1 heterocycles. The van der Waals surface area contributed by atoms with Gasteiger partial charge in [0.2, 0.25) is 0 Å². The fourth-order valence-electron chi connectivity index (χ4n) is 1.37. The van der Waals surface area contributed by atoms with Crippen LogP contribution in [0, 0.1) is 0 Å². The highest BCUT2D eigenvalue weighted by Gasteiger charge is 2.02. The molecular formula is C11H12N2OS. The first kappa shape index (κ1) is 10.2. The van der Waals surface area contributed by atoms with Crippen molar-refractivity contribution in [1.29, 1.82) is 0 Å². The van der Waals surface area contributed by atoms with Gasteiger partial charge in [0.1, 0.15) is 0 Å². The van der Waals surface area contributed by atoms with Crippen LogP contribution in [0.25, 0.3) is 11.0 Å². The first-order chi connectivity index (χ1) is 7.33. The smallest absolute Gasteiger partial charge is 0.185 e. The fraction of sp³-hybridized carbons (Fsp3) is 0.273. The zero-order valence-corrected chi connectivity index (χ0v) is 9.30. The molecule has 15 heavy (non-hydrogen) atoms. The first-order valence-electron chi connectivity index (χ1n) is 4.91. The summed E-state index contributed by atoms with van der Waals surface area (Å²) in [7, 11) is 0. The molecular weight excluding hydrogens is 208 g/mol. The van der Waals surface area contributed by atoms with Gasteiger partial charge in [0, 0.05) is 4.90 Å². The quantitative estimate of drug-likeness (QED) is 0.636. The van der Waals surface area contributed by atoms with E-state index in [0.29, 0.717) is 5.82 Å². The predicted molar refractivity (Wildman–Crippen MR) is 62.5 cm³/mol. The number of nitrogens with one attached hydrogen (secondary N) is 1. The standard InChI is InChI=1S/C11H12N2OS/c1-2-5-15-8-3-4-9-10(6-8)13-11(7-14)12-9/h3-4,6-7H,2,5H2,1H3,(H,12,13). The van der Waals surface area contributed by atoms with Crippen LogP contribution in [0.15, 0.2) is 23.1 Å². The molecule has 1 aromatic carbocycles. The Morgan fingerprint density at radius 2 is 2.40 bits per heavy atom. The summed E-state index contributed by atoms with van der Waals surface area (Å²) >= 11 is 1.81. The van der Waals surface area contributed by atoms with Crippen LogP contribution in [0.2, 0.25) is 0 Å². The van der Waals surface area contributed by atoms with Crippen molar-refractivity contribution in [2.45, 2.75) is 18.2 Å². The minimum absolute atomic E-state index is 0.391.